The van der Waals surface area contributed by atoms with Gasteiger partial charge >= 0.3 is 5.97 Å². The molecule has 0 saturated heterocycles. The summed E-state index contributed by atoms with van der Waals surface area (Å²) in [6.07, 6.45) is 7.68. The zero-order valence-electron chi connectivity index (χ0n) is 9.92. The number of carbonyl (C=O) groups excluding carboxylic acids is 1. The molecule has 0 radical (unpaired) electrons. The standard InChI is InChI=1S/C12H13N3O2S/c1-18-11-6-10(2-4-13-11)12(16)17-5-3-9-7-14-15-8-9/h2,4,6-8H,3,5H2,1H3,(H,14,15). The first-order chi connectivity index (χ1) is 8.79. The van der Waals surface area contributed by atoms with Crippen LogP contribution >= 0.6 is 11.8 Å². The third-order valence-corrected chi connectivity index (χ3v) is 3.00. The Hall–Kier alpha value is -1.82. The minimum atomic E-state index is -0.323. The summed E-state index contributed by atoms with van der Waals surface area (Å²) >= 11 is 1.49. The van der Waals surface area contributed by atoms with Gasteiger partial charge < -0.3 is 4.74 Å². The third-order valence-electron chi connectivity index (χ3n) is 2.36. The number of rotatable bonds is 5. The molecule has 2 heterocycles. The van der Waals surface area contributed by atoms with Gasteiger partial charge in [0, 0.05) is 18.8 Å². The van der Waals surface area contributed by atoms with E-state index in [4.69, 9.17) is 4.74 Å². The number of nitrogens with one attached hydrogen (secondary N) is 1. The van der Waals surface area contributed by atoms with Crippen LogP contribution < -0.4 is 0 Å². The van der Waals surface area contributed by atoms with Crippen molar-refractivity contribution < 1.29 is 9.53 Å². The van der Waals surface area contributed by atoms with E-state index in [-0.39, 0.29) is 5.97 Å². The van der Waals surface area contributed by atoms with Crippen molar-refractivity contribution in [2.45, 2.75) is 11.4 Å². The molecule has 0 bridgehead atoms. The molecule has 2 aromatic rings. The molecule has 0 aliphatic rings. The summed E-state index contributed by atoms with van der Waals surface area (Å²) in [6, 6.07) is 3.38. The maximum Gasteiger partial charge on any atom is 0.338 e. The molecular formula is C12H13N3O2S. The van der Waals surface area contributed by atoms with Gasteiger partial charge in [0.05, 0.1) is 23.4 Å². The van der Waals surface area contributed by atoms with E-state index < -0.39 is 0 Å². The van der Waals surface area contributed by atoms with Gasteiger partial charge in [-0.2, -0.15) is 5.10 Å². The lowest BCUT2D eigenvalue weighted by molar-refractivity contribution is 0.0509. The number of carbonyl (C=O) groups is 1. The van der Waals surface area contributed by atoms with Crippen molar-refractivity contribution in [2.24, 2.45) is 0 Å². The summed E-state index contributed by atoms with van der Waals surface area (Å²) in [7, 11) is 0. The van der Waals surface area contributed by atoms with Gasteiger partial charge in [-0.3, -0.25) is 5.10 Å². The molecule has 0 unspecified atom stereocenters. The van der Waals surface area contributed by atoms with Gasteiger partial charge in [-0.05, 0) is 24.0 Å². The maximum atomic E-state index is 11.8. The Morgan fingerprint density at radius 2 is 2.44 bits per heavy atom. The summed E-state index contributed by atoms with van der Waals surface area (Å²) < 4.78 is 5.18. The Morgan fingerprint density at radius 1 is 1.56 bits per heavy atom. The number of esters is 1. The molecule has 2 rings (SSSR count). The van der Waals surface area contributed by atoms with Crippen LogP contribution in [0.15, 0.2) is 35.7 Å². The van der Waals surface area contributed by atoms with Crippen LogP contribution in [-0.2, 0) is 11.2 Å². The van der Waals surface area contributed by atoms with Crippen molar-refractivity contribution in [3.63, 3.8) is 0 Å². The monoisotopic (exact) mass is 263 g/mol. The molecule has 6 heteroatoms. The smallest absolute Gasteiger partial charge is 0.338 e. The normalized spacial score (nSPS) is 10.3. The first-order valence-electron chi connectivity index (χ1n) is 5.44. The van der Waals surface area contributed by atoms with Crippen LogP contribution in [0.3, 0.4) is 0 Å². The van der Waals surface area contributed by atoms with Crippen molar-refractivity contribution in [1.29, 1.82) is 0 Å². The fourth-order valence-electron chi connectivity index (χ4n) is 1.41. The third kappa shape index (κ3) is 3.33. The molecule has 1 N–H and O–H groups in total. The Morgan fingerprint density at radius 3 is 3.17 bits per heavy atom. The summed E-state index contributed by atoms with van der Waals surface area (Å²) in [5.41, 5.74) is 1.55. The van der Waals surface area contributed by atoms with Gasteiger partial charge in [0.25, 0.3) is 0 Å². The minimum Gasteiger partial charge on any atom is -0.462 e. The first kappa shape index (κ1) is 12.6. The number of aromatic amines is 1. The Balaban J connectivity index is 1.87. The van der Waals surface area contributed by atoms with Gasteiger partial charge in [-0.25, -0.2) is 9.78 Å². The molecule has 94 valence electrons. The van der Waals surface area contributed by atoms with Crippen molar-refractivity contribution >= 4 is 17.7 Å². The lowest BCUT2D eigenvalue weighted by Crippen LogP contribution is -2.08. The summed E-state index contributed by atoms with van der Waals surface area (Å²) in [5, 5.41) is 7.34. The molecular weight excluding hydrogens is 250 g/mol. The van der Waals surface area contributed by atoms with Crippen LogP contribution in [0.25, 0.3) is 0 Å². The average Bonchev–Trinajstić information content (AvgIpc) is 2.92. The maximum absolute atomic E-state index is 11.8. The van der Waals surface area contributed by atoms with E-state index in [1.54, 1.807) is 30.7 Å². The number of H-pyrrole nitrogens is 1. The molecule has 0 aromatic carbocycles. The van der Waals surface area contributed by atoms with Gasteiger partial charge in [-0.1, -0.05) is 0 Å². The van der Waals surface area contributed by atoms with Crippen LogP contribution in [0, 0.1) is 0 Å². The summed E-state index contributed by atoms with van der Waals surface area (Å²) in [6.45, 7) is 0.343. The van der Waals surface area contributed by atoms with E-state index in [0.717, 1.165) is 10.6 Å². The van der Waals surface area contributed by atoms with E-state index in [0.29, 0.717) is 18.6 Å². The molecule has 0 fully saturated rings. The van der Waals surface area contributed by atoms with Gasteiger partial charge in [-0.15, -0.1) is 11.8 Å². The van der Waals surface area contributed by atoms with Crippen LogP contribution in [-0.4, -0.2) is 34.0 Å². The molecule has 0 atom stereocenters. The predicted octanol–water partition coefficient (Wildman–Crippen LogP) is 1.93. The van der Waals surface area contributed by atoms with Crippen molar-refractivity contribution in [3.8, 4) is 0 Å². The second-order valence-corrected chi connectivity index (χ2v) is 4.41. The lowest BCUT2D eigenvalue weighted by atomic mass is 10.2. The van der Waals surface area contributed by atoms with Crippen LogP contribution in [0.1, 0.15) is 15.9 Å². The van der Waals surface area contributed by atoms with E-state index in [1.165, 1.54) is 11.8 Å². The summed E-state index contributed by atoms with van der Waals surface area (Å²) in [5.74, 6) is -0.323. The molecule has 18 heavy (non-hydrogen) atoms. The Labute approximate surface area is 109 Å². The molecule has 5 nitrogen and oxygen atoms in total. The van der Waals surface area contributed by atoms with E-state index in [9.17, 15) is 4.79 Å². The van der Waals surface area contributed by atoms with Gasteiger partial charge in [0.1, 0.15) is 0 Å². The number of hydrogen-bond acceptors (Lipinski definition) is 5. The Bertz CT molecular complexity index is 514. The largest absolute Gasteiger partial charge is 0.462 e. The molecule has 0 saturated carbocycles. The van der Waals surface area contributed by atoms with Crippen molar-refractivity contribution in [1.82, 2.24) is 15.2 Å². The molecule has 0 aliphatic carbocycles. The van der Waals surface area contributed by atoms with Crippen LogP contribution in [0.5, 0.6) is 0 Å². The fourth-order valence-corrected chi connectivity index (χ4v) is 1.82. The van der Waals surface area contributed by atoms with Crippen molar-refractivity contribution in [2.75, 3.05) is 12.9 Å². The number of pyridine rings is 1. The molecule has 0 spiro atoms. The van der Waals surface area contributed by atoms with Crippen LogP contribution in [0.4, 0.5) is 0 Å². The number of ether oxygens (including phenoxy) is 1. The minimum absolute atomic E-state index is 0.323. The molecule has 2 aromatic heterocycles. The van der Waals surface area contributed by atoms with E-state index in [1.807, 2.05) is 6.26 Å². The highest BCUT2D eigenvalue weighted by Crippen LogP contribution is 2.13. The van der Waals surface area contributed by atoms with Crippen LogP contribution in [0.2, 0.25) is 0 Å². The number of nitrogens with zero attached hydrogens (tertiary/aromatic N) is 2. The molecule has 0 aliphatic heterocycles. The highest BCUT2D eigenvalue weighted by atomic mass is 32.2. The number of hydrogen-bond donors (Lipinski definition) is 1. The average molecular weight is 263 g/mol. The number of aromatic nitrogens is 3. The van der Waals surface area contributed by atoms with Crippen molar-refractivity contribution in [3.05, 3.63) is 41.9 Å². The zero-order valence-corrected chi connectivity index (χ0v) is 10.7. The fraction of sp³-hybridized carbons (Fsp3) is 0.250. The number of thioether (sulfide) groups is 1. The second kappa shape index (κ2) is 6.20. The van der Waals surface area contributed by atoms with Gasteiger partial charge in [0.2, 0.25) is 0 Å². The van der Waals surface area contributed by atoms with E-state index >= 15 is 0 Å². The van der Waals surface area contributed by atoms with Gasteiger partial charge in [0.15, 0.2) is 0 Å². The van der Waals surface area contributed by atoms with E-state index in [2.05, 4.69) is 15.2 Å². The zero-order chi connectivity index (χ0) is 12.8. The predicted molar refractivity (Wildman–Crippen MR) is 68.6 cm³/mol. The highest BCUT2D eigenvalue weighted by molar-refractivity contribution is 7.98. The topological polar surface area (TPSA) is 67.9 Å². The highest BCUT2D eigenvalue weighted by Gasteiger charge is 2.08. The molecule has 0 amide bonds. The Kier molecular flexibility index (Phi) is 4.35. The quantitative estimate of drug-likeness (QED) is 0.659. The summed E-state index contributed by atoms with van der Waals surface area (Å²) in [4.78, 5) is 15.9. The second-order valence-electron chi connectivity index (χ2n) is 3.58. The first-order valence-corrected chi connectivity index (χ1v) is 6.67. The lowest BCUT2D eigenvalue weighted by Gasteiger charge is -2.04. The SMILES string of the molecule is CSc1cc(C(=O)OCCc2cn[nH]c2)ccn1.